The Morgan fingerprint density at radius 2 is 2.25 bits per heavy atom. The van der Waals surface area contributed by atoms with E-state index >= 15 is 0 Å². The van der Waals surface area contributed by atoms with Gasteiger partial charge in [0.05, 0.1) is 5.25 Å². The van der Waals surface area contributed by atoms with Crippen LogP contribution in [-0.4, -0.2) is 27.9 Å². The topological polar surface area (TPSA) is 46.3 Å². The van der Waals surface area contributed by atoms with Gasteiger partial charge in [0.15, 0.2) is 0 Å². The molecule has 1 saturated heterocycles. The number of hydrogen-bond donors (Lipinski definition) is 1. The predicted octanol–water partition coefficient (Wildman–Crippen LogP) is 3.29. The monoisotopic (exact) mass is 292 g/mol. The maximum absolute atomic E-state index is 12.7. The number of benzene rings is 1. The van der Waals surface area contributed by atoms with Gasteiger partial charge in [-0.3, -0.25) is 4.79 Å². The fraction of sp³-hybridized carbons (Fsp3) is 0.562. The van der Waals surface area contributed by atoms with Crippen molar-refractivity contribution < 1.29 is 4.79 Å². The van der Waals surface area contributed by atoms with Crippen LogP contribution in [0.1, 0.15) is 38.7 Å². The molecule has 1 fully saturated rings. The number of hydrogen-bond acceptors (Lipinski definition) is 3. The van der Waals surface area contributed by atoms with Crippen molar-refractivity contribution in [2.45, 2.75) is 50.9 Å². The van der Waals surface area contributed by atoms with Gasteiger partial charge < -0.3 is 10.6 Å². The quantitative estimate of drug-likeness (QED) is 0.866. The highest BCUT2D eigenvalue weighted by atomic mass is 32.2. The van der Waals surface area contributed by atoms with E-state index in [0.717, 1.165) is 23.4 Å². The van der Waals surface area contributed by atoms with E-state index in [-0.39, 0.29) is 17.2 Å². The summed E-state index contributed by atoms with van der Waals surface area (Å²) < 4.78 is 0. The number of nitrogen functional groups attached to an aromatic ring is 1. The first-order chi connectivity index (χ1) is 9.58. The summed E-state index contributed by atoms with van der Waals surface area (Å²) in [5.74, 6) is 1.40. The van der Waals surface area contributed by atoms with E-state index in [0.29, 0.717) is 6.54 Å². The Hall–Kier alpha value is -1.16. The molecule has 20 heavy (non-hydrogen) atoms. The molecule has 0 saturated carbocycles. The lowest BCUT2D eigenvalue weighted by atomic mass is 10.1. The molecule has 1 amide bonds. The highest BCUT2D eigenvalue weighted by Gasteiger charge is 2.28. The number of anilines is 1. The number of rotatable bonds is 4. The van der Waals surface area contributed by atoms with Gasteiger partial charge in [-0.2, -0.15) is 0 Å². The largest absolute Gasteiger partial charge is 0.399 e. The fourth-order valence-corrected chi connectivity index (χ4v) is 3.79. The van der Waals surface area contributed by atoms with E-state index in [2.05, 4.69) is 13.8 Å². The Bertz CT molecular complexity index is 456. The lowest BCUT2D eigenvalue weighted by Crippen LogP contribution is -2.42. The van der Waals surface area contributed by atoms with Gasteiger partial charge in [-0.05, 0) is 50.1 Å². The fourth-order valence-electron chi connectivity index (χ4n) is 2.52. The zero-order valence-electron chi connectivity index (χ0n) is 12.3. The number of nitrogens with zero attached hydrogens (tertiary/aromatic N) is 1. The number of nitrogens with two attached hydrogens (primary N) is 1. The van der Waals surface area contributed by atoms with Crippen molar-refractivity contribution in [1.82, 2.24) is 4.90 Å². The van der Waals surface area contributed by atoms with Crippen molar-refractivity contribution >= 4 is 23.4 Å². The zero-order valence-corrected chi connectivity index (χ0v) is 13.2. The predicted molar refractivity (Wildman–Crippen MR) is 86.6 cm³/mol. The normalized spacial score (nSPS) is 19.1. The van der Waals surface area contributed by atoms with Gasteiger partial charge in [0.1, 0.15) is 0 Å². The molecule has 0 aromatic heterocycles. The number of carbonyl (C=O) groups is 1. The first-order valence-corrected chi connectivity index (χ1v) is 8.39. The standard InChI is InChI=1S/C16H24N2OS/c1-12(2)18(11-13-6-5-7-14(17)10-13)16(19)15-8-3-4-9-20-15/h5-7,10,12,15H,3-4,8-9,11,17H2,1-2H3. The molecule has 1 unspecified atom stereocenters. The van der Waals surface area contributed by atoms with Crippen molar-refractivity contribution in [1.29, 1.82) is 0 Å². The summed E-state index contributed by atoms with van der Waals surface area (Å²) in [4.78, 5) is 14.7. The van der Waals surface area contributed by atoms with Gasteiger partial charge in [0.2, 0.25) is 5.91 Å². The second-order valence-corrected chi connectivity index (χ2v) is 6.97. The van der Waals surface area contributed by atoms with Crippen molar-refractivity contribution in [3.8, 4) is 0 Å². The van der Waals surface area contributed by atoms with Gasteiger partial charge in [-0.15, -0.1) is 11.8 Å². The smallest absolute Gasteiger partial charge is 0.236 e. The highest BCUT2D eigenvalue weighted by molar-refractivity contribution is 8.00. The van der Waals surface area contributed by atoms with Crippen molar-refractivity contribution in [2.75, 3.05) is 11.5 Å². The molecule has 1 aromatic rings. The minimum atomic E-state index is 0.146. The van der Waals surface area contributed by atoms with Crippen molar-refractivity contribution in [3.05, 3.63) is 29.8 Å². The third-order valence-corrected chi connectivity index (χ3v) is 5.03. The van der Waals surface area contributed by atoms with Gasteiger partial charge in [0.25, 0.3) is 0 Å². The van der Waals surface area contributed by atoms with E-state index in [1.165, 1.54) is 12.8 Å². The van der Waals surface area contributed by atoms with Crippen LogP contribution in [0.5, 0.6) is 0 Å². The van der Waals surface area contributed by atoms with E-state index in [1.807, 2.05) is 40.9 Å². The summed E-state index contributed by atoms with van der Waals surface area (Å²) in [7, 11) is 0. The Morgan fingerprint density at radius 3 is 2.85 bits per heavy atom. The van der Waals surface area contributed by atoms with Gasteiger partial charge in [-0.1, -0.05) is 18.6 Å². The Morgan fingerprint density at radius 1 is 1.45 bits per heavy atom. The third-order valence-electron chi connectivity index (χ3n) is 3.67. The van der Waals surface area contributed by atoms with Gasteiger partial charge in [0, 0.05) is 18.3 Å². The molecule has 0 bridgehead atoms. The highest BCUT2D eigenvalue weighted by Crippen LogP contribution is 2.28. The number of carbonyl (C=O) groups excluding carboxylic acids is 1. The van der Waals surface area contributed by atoms with Crippen LogP contribution in [0, 0.1) is 0 Å². The van der Waals surface area contributed by atoms with Gasteiger partial charge >= 0.3 is 0 Å². The van der Waals surface area contributed by atoms with E-state index in [4.69, 9.17) is 5.73 Å². The van der Waals surface area contributed by atoms with Crippen LogP contribution in [0.2, 0.25) is 0 Å². The molecule has 2 rings (SSSR count). The van der Waals surface area contributed by atoms with E-state index in [1.54, 1.807) is 0 Å². The molecule has 1 heterocycles. The van der Waals surface area contributed by atoms with Crippen LogP contribution in [0.25, 0.3) is 0 Å². The molecule has 1 aromatic carbocycles. The van der Waals surface area contributed by atoms with Crippen LogP contribution in [0.4, 0.5) is 5.69 Å². The van der Waals surface area contributed by atoms with E-state index < -0.39 is 0 Å². The summed E-state index contributed by atoms with van der Waals surface area (Å²) in [6, 6.07) is 8.03. The first kappa shape index (κ1) is 15.2. The number of thioether (sulfide) groups is 1. The average Bonchev–Trinajstić information content (AvgIpc) is 2.45. The second-order valence-electron chi connectivity index (χ2n) is 5.66. The third kappa shape index (κ3) is 3.92. The molecule has 110 valence electrons. The maximum Gasteiger partial charge on any atom is 0.236 e. The van der Waals surface area contributed by atoms with Crippen molar-refractivity contribution in [2.24, 2.45) is 0 Å². The van der Waals surface area contributed by atoms with Crippen LogP contribution < -0.4 is 5.73 Å². The van der Waals surface area contributed by atoms with Gasteiger partial charge in [-0.25, -0.2) is 0 Å². The van der Waals surface area contributed by atoms with Crippen molar-refractivity contribution in [3.63, 3.8) is 0 Å². The minimum Gasteiger partial charge on any atom is -0.399 e. The lowest BCUT2D eigenvalue weighted by Gasteiger charge is -2.32. The SMILES string of the molecule is CC(C)N(Cc1cccc(N)c1)C(=O)C1CCCCS1. The molecular weight excluding hydrogens is 268 g/mol. The average molecular weight is 292 g/mol. The van der Waals surface area contributed by atoms with Crippen LogP contribution >= 0.6 is 11.8 Å². The Balaban J connectivity index is 2.08. The summed E-state index contributed by atoms with van der Waals surface area (Å²) in [5, 5.41) is 0.146. The molecule has 0 radical (unpaired) electrons. The Labute approximate surface area is 125 Å². The number of amides is 1. The molecule has 2 N–H and O–H groups in total. The minimum absolute atomic E-state index is 0.146. The molecule has 0 spiro atoms. The van der Waals surface area contributed by atoms with E-state index in [9.17, 15) is 4.79 Å². The second kappa shape index (κ2) is 7.02. The van der Waals surface area contributed by atoms with Crippen LogP contribution in [0.3, 0.4) is 0 Å². The summed E-state index contributed by atoms with van der Waals surface area (Å²) >= 11 is 1.81. The first-order valence-electron chi connectivity index (χ1n) is 7.34. The summed E-state index contributed by atoms with van der Waals surface area (Å²) in [6.07, 6.45) is 3.43. The molecule has 1 aliphatic rings. The summed E-state index contributed by atoms with van der Waals surface area (Å²) in [6.45, 7) is 4.81. The Kier molecular flexibility index (Phi) is 5.35. The zero-order chi connectivity index (χ0) is 14.5. The molecule has 3 nitrogen and oxygen atoms in total. The molecule has 1 atom stereocenters. The lowest BCUT2D eigenvalue weighted by molar-refractivity contribution is -0.133. The molecular formula is C16H24N2OS. The molecule has 0 aliphatic carbocycles. The molecule has 4 heteroatoms. The van der Waals surface area contributed by atoms with Crippen LogP contribution in [-0.2, 0) is 11.3 Å². The summed E-state index contributed by atoms with van der Waals surface area (Å²) in [5.41, 5.74) is 7.68. The van der Waals surface area contributed by atoms with Crippen LogP contribution in [0.15, 0.2) is 24.3 Å². The maximum atomic E-state index is 12.7. The molecule has 1 aliphatic heterocycles.